The van der Waals surface area contributed by atoms with Gasteiger partial charge in [0, 0.05) is 27.5 Å². The minimum Gasteiger partial charge on any atom is -0.496 e. The molecule has 0 fully saturated rings. The van der Waals surface area contributed by atoms with E-state index in [1.165, 1.54) is 10.5 Å². The zero-order valence-electron chi connectivity index (χ0n) is 18.1. The van der Waals surface area contributed by atoms with Crippen LogP contribution in [0.1, 0.15) is 46.5 Å². The Hall–Kier alpha value is -2.72. The SMILES string of the molecule is CCc1cccc(CC)c1NC(=O)c1ccc(OC)c(CSc2ccc(C)cc2)c1. The number of methoxy groups -OCH3 is 1. The Bertz CT molecular complexity index is 990. The summed E-state index contributed by atoms with van der Waals surface area (Å²) < 4.78 is 5.53. The van der Waals surface area contributed by atoms with Crippen LogP contribution in [0, 0.1) is 6.92 Å². The smallest absolute Gasteiger partial charge is 0.255 e. The zero-order chi connectivity index (χ0) is 21.5. The highest BCUT2D eigenvalue weighted by molar-refractivity contribution is 7.98. The van der Waals surface area contributed by atoms with Gasteiger partial charge >= 0.3 is 0 Å². The maximum atomic E-state index is 13.1. The molecular weight excluding hydrogens is 390 g/mol. The third kappa shape index (κ3) is 5.25. The lowest BCUT2D eigenvalue weighted by atomic mass is 10.0. The Kier molecular flexibility index (Phi) is 7.58. The number of anilines is 1. The molecule has 0 aromatic heterocycles. The number of benzene rings is 3. The van der Waals surface area contributed by atoms with Crippen molar-refractivity contribution >= 4 is 23.4 Å². The van der Waals surface area contributed by atoms with Crippen LogP contribution < -0.4 is 10.1 Å². The van der Waals surface area contributed by atoms with E-state index in [0.29, 0.717) is 5.56 Å². The quantitative estimate of drug-likeness (QED) is 0.414. The van der Waals surface area contributed by atoms with Crippen LogP contribution in [0.3, 0.4) is 0 Å². The van der Waals surface area contributed by atoms with Gasteiger partial charge in [0.2, 0.25) is 0 Å². The lowest BCUT2D eigenvalue weighted by Gasteiger charge is -2.15. The molecule has 3 aromatic rings. The summed E-state index contributed by atoms with van der Waals surface area (Å²) in [5, 5.41) is 3.16. The minimum absolute atomic E-state index is 0.0881. The average Bonchev–Trinajstić information content (AvgIpc) is 2.78. The Morgan fingerprint density at radius 2 is 1.60 bits per heavy atom. The van der Waals surface area contributed by atoms with Crippen LogP contribution in [0.15, 0.2) is 65.6 Å². The second-order valence-electron chi connectivity index (χ2n) is 7.24. The molecule has 0 radical (unpaired) electrons. The van der Waals surface area contributed by atoms with E-state index in [1.807, 2.05) is 18.2 Å². The molecule has 0 bridgehead atoms. The number of para-hydroxylation sites is 1. The van der Waals surface area contributed by atoms with E-state index in [2.05, 4.69) is 68.6 Å². The summed E-state index contributed by atoms with van der Waals surface area (Å²) in [6.07, 6.45) is 1.76. The number of hydrogen-bond acceptors (Lipinski definition) is 3. The maximum absolute atomic E-state index is 13.1. The molecule has 3 nitrogen and oxygen atoms in total. The van der Waals surface area contributed by atoms with Crippen molar-refractivity contribution in [3.8, 4) is 5.75 Å². The first kappa shape index (κ1) is 22.0. The summed E-state index contributed by atoms with van der Waals surface area (Å²) in [5.41, 5.74) is 6.16. The Morgan fingerprint density at radius 3 is 2.20 bits per heavy atom. The molecule has 0 unspecified atom stereocenters. The molecule has 30 heavy (non-hydrogen) atoms. The third-order valence-corrected chi connectivity index (χ3v) is 6.26. The number of amides is 1. The van der Waals surface area contributed by atoms with Gasteiger partial charge in [0.1, 0.15) is 5.75 Å². The van der Waals surface area contributed by atoms with Gasteiger partial charge in [0.05, 0.1) is 7.11 Å². The van der Waals surface area contributed by atoms with Crippen molar-refractivity contribution in [2.24, 2.45) is 0 Å². The third-order valence-electron chi connectivity index (χ3n) is 5.20. The summed E-state index contributed by atoms with van der Waals surface area (Å²) in [5.74, 6) is 1.45. The lowest BCUT2D eigenvalue weighted by Crippen LogP contribution is -2.15. The van der Waals surface area contributed by atoms with Gasteiger partial charge in [-0.05, 0) is 61.2 Å². The fourth-order valence-electron chi connectivity index (χ4n) is 3.42. The molecule has 0 spiro atoms. The van der Waals surface area contributed by atoms with Gasteiger partial charge in [-0.1, -0.05) is 49.7 Å². The monoisotopic (exact) mass is 419 g/mol. The van der Waals surface area contributed by atoms with E-state index in [1.54, 1.807) is 18.9 Å². The maximum Gasteiger partial charge on any atom is 0.255 e. The van der Waals surface area contributed by atoms with E-state index in [4.69, 9.17) is 4.74 Å². The molecule has 0 atom stereocenters. The molecule has 0 saturated heterocycles. The Balaban J connectivity index is 1.82. The summed E-state index contributed by atoms with van der Waals surface area (Å²) in [6.45, 7) is 6.30. The van der Waals surface area contributed by atoms with E-state index in [9.17, 15) is 4.79 Å². The number of aryl methyl sites for hydroxylation is 3. The molecule has 3 rings (SSSR count). The molecule has 0 saturated carbocycles. The van der Waals surface area contributed by atoms with Crippen LogP contribution in [-0.4, -0.2) is 13.0 Å². The summed E-state index contributed by atoms with van der Waals surface area (Å²) in [4.78, 5) is 14.3. The van der Waals surface area contributed by atoms with Crippen LogP contribution in [0.5, 0.6) is 5.75 Å². The van der Waals surface area contributed by atoms with Gasteiger partial charge < -0.3 is 10.1 Å². The molecule has 0 aliphatic rings. The normalized spacial score (nSPS) is 10.7. The fourth-order valence-corrected chi connectivity index (χ4v) is 4.29. The predicted molar refractivity (Wildman–Crippen MR) is 127 cm³/mol. The first-order valence-corrected chi connectivity index (χ1v) is 11.3. The molecule has 0 heterocycles. The van der Waals surface area contributed by atoms with E-state index in [0.717, 1.165) is 46.7 Å². The van der Waals surface area contributed by atoms with E-state index >= 15 is 0 Å². The largest absolute Gasteiger partial charge is 0.496 e. The molecule has 0 aliphatic heterocycles. The zero-order valence-corrected chi connectivity index (χ0v) is 18.9. The van der Waals surface area contributed by atoms with Crippen LogP contribution in [0.4, 0.5) is 5.69 Å². The number of carbonyl (C=O) groups is 1. The highest BCUT2D eigenvalue weighted by Crippen LogP contribution is 2.30. The molecular formula is C26H29NO2S. The van der Waals surface area contributed by atoms with E-state index < -0.39 is 0 Å². The summed E-state index contributed by atoms with van der Waals surface area (Å²) in [6, 6.07) is 20.3. The van der Waals surface area contributed by atoms with Crippen LogP contribution in [0.25, 0.3) is 0 Å². The molecule has 4 heteroatoms. The summed E-state index contributed by atoms with van der Waals surface area (Å²) >= 11 is 1.74. The Labute approximate surface area is 183 Å². The average molecular weight is 420 g/mol. The van der Waals surface area contributed by atoms with Gasteiger partial charge in [-0.2, -0.15) is 0 Å². The second kappa shape index (κ2) is 10.4. The number of ether oxygens (including phenoxy) is 1. The number of rotatable bonds is 8. The van der Waals surface area contributed by atoms with Crippen molar-refractivity contribution < 1.29 is 9.53 Å². The second-order valence-corrected chi connectivity index (χ2v) is 8.29. The Morgan fingerprint density at radius 1 is 0.933 bits per heavy atom. The van der Waals surface area contributed by atoms with Crippen molar-refractivity contribution in [2.45, 2.75) is 44.3 Å². The fraction of sp³-hybridized carbons (Fsp3) is 0.269. The predicted octanol–water partition coefficient (Wildman–Crippen LogP) is 6.67. The minimum atomic E-state index is -0.0881. The molecule has 156 valence electrons. The topological polar surface area (TPSA) is 38.3 Å². The van der Waals surface area contributed by atoms with Gasteiger partial charge in [-0.25, -0.2) is 0 Å². The number of nitrogens with one attached hydrogen (secondary N) is 1. The lowest BCUT2D eigenvalue weighted by molar-refractivity contribution is 0.102. The van der Waals surface area contributed by atoms with Crippen molar-refractivity contribution in [3.05, 3.63) is 88.5 Å². The van der Waals surface area contributed by atoms with Gasteiger partial charge in [0.25, 0.3) is 5.91 Å². The highest BCUT2D eigenvalue weighted by atomic mass is 32.2. The van der Waals surface area contributed by atoms with Crippen LogP contribution in [-0.2, 0) is 18.6 Å². The van der Waals surface area contributed by atoms with Gasteiger partial charge in [0.15, 0.2) is 0 Å². The summed E-state index contributed by atoms with van der Waals surface area (Å²) in [7, 11) is 1.67. The van der Waals surface area contributed by atoms with Crippen molar-refractivity contribution in [1.82, 2.24) is 0 Å². The van der Waals surface area contributed by atoms with Crippen molar-refractivity contribution in [2.75, 3.05) is 12.4 Å². The van der Waals surface area contributed by atoms with Crippen LogP contribution in [0.2, 0.25) is 0 Å². The van der Waals surface area contributed by atoms with Gasteiger partial charge in [-0.15, -0.1) is 11.8 Å². The molecule has 1 N–H and O–H groups in total. The van der Waals surface area contributed by atoms with Crippen LogP contribution >= 0.6 is 11.8 Å². The molecule has 0 aliphatic carbocycles. The standard InChI is InChI=1S/C26H29NO2S/c1-5-19-8-7-9-20(6-2)25(19)27-26(28)21-12-15-24(29-4)22(16-21)17-30-23-13-10-18(3)11-14-23/h7-16H,5-6,17H2,1-4H3,(H,27,28). The molecule has 3 aromatic carbocycles. The highest BCUT2D eigenvalue weighted by Gasteiger charge is 2.14. The van der Waals surface area contributed by atoms with Crippen molar-refractivity contribution in [3.63, 3.8) is 0 Å². The van der Waals surface area contributed by atoms with Crippen molar-refractivity contribution in [1.29, 1.82) is 0 Å². The number of hydrogen-bond donors (Lipinski definition) is 1. The van der Waals surface area contributed by atoms with Gasteiger partial charge in [-0.3, -0.25) is 4.79 Å². The first-order valence-electron chi connectivity index (χ1n) is 10.3. The van der Waals surface area contributed by atoms with E-state index in [-0.39, 0.29) is 5.91 Å². The first-order chi connectivity index (χ1) is 14.5. The molecule has 1 amide bonds. The number of thioether (sulfide) groups is 1. The number of carbonyl (C=O) groups excluding carboxylic acids is 1.